The number of carboxylic acid groups (broad SMARTS) is 1. The molecule has 0 aromatic carbocycles. The van der Waals surface area contributed by atoms with E-state index >= 15 is 0 Å². The third-order valence-corrected chi connectivity index (χ3v) is 3.86. The van der Waals surface area contributed by atoms with Crippen molar-refractivity contribution in [2.75, 3.05) is 26.3 Å². The average Bonchev–Trinajstić information content (AvgIpc) is 2.89. The van der Waals surface area contributed by atoms with Crippen molar-refractivity contribution in [3.05, 3.63) is 0 Å². The van der Waals surface area contributed by atoms with E-state index in [1.165, 1.54) is 12.8 Å². The Morgan fingerprint density at radius 1 is 1.32 bits per heavy atom. The van der Waals surface area contributed by atoms with Crippen LogP contribution in [0.5, 0.6) is 0 Å². The molecule has 2 N–H and O–H groups in total. The van der Waals surface area contributed by atoms with Gasteiger partial charge in [0, 0.05) is 12.6 Å². The van der Waals surface area contributed by atoms with Crippen molar-refractivity contribution in [1.82, 2.24) is 10.2 Å². The molecule has 6 heteroatoms. The molecule has 1 aliphatic carbocycles. The van der Waals surface area contributed by atoms with E-state index in [1.807, 2.05) is 0 Å². The van der Waals surface area contributed by atoms with Gasteiger partial charge in [0.15, 0.2) is 0 Å². The summed E-state index contributed by atoms with van der Waals surface area (Å²) in [5.74, 6) is -0.904. The number of rotatable bonds is 5. The highest BCUT2D eigenvalue weighted by Gasteiger charge is 2.29. The first-order valence-corrected chi connectivity index (χ1v) is 6.99. The Labute approximate surface area is 113 Å². The van der Waals surface area contributed by atoms with E-state index in [0.717, 1.165) is 12.8 Å². The molecule has 0 aromatic rings. The highest BCUT2D eigenvalue weighted by Crippen LogP contribution is 2.17. The standard InChI is InChI=1S/C13H22N2O4/c16-12(8-14-10-3-1-2-4-10)15-5-6-19-9-11(15)7-13(17)18/h10-11,14H,1-9H2,(H,17,18). The van der Waals surface area contributed by atoms with E-state index in [4.69, 9.17) is 9.84 Å². The van der Waals surface area contributed by atoms with Crippen molar-refractivity contribution in [3.8, 4) is 0 Å². The first kappa shape index (κ1) is 14.3. The number of nitrogens with one attached hydrogen (secondary N) is 1. The van der Waals surface area contributed by atoms with Crippen LogP contribution in [0.3, 0.4) is 0 Å². The molecule has 1 saturated heterocycles. The third-order valence-electron chi connectivity index (χ3n) is 3.86. The lowest BCUT2D eigenvalue weighted by Gasteiger charge is -2.35. The van der Waals surface area contributed by atoms with Gasteiger partial charge in [0.2, 0.25) is 5.91 Å². The third kappa shape index (κ3) is 4.18. The molecule has 1 heterocycles. The van der Waals surface area contributed by atoms with Crippen LogP contribution in [0.25, 0.3) is 0 Å². The van der Waals surface area contributed by atoms with E-state index < -0.39 is 5.97 Å². The zero-order chi connectivity index (χ0) is 13.7. The van der Waals surface area contributed by atoms with Crippen LogP contribution in [0, 0.1) is 0 Å². The van der Waals surface area contributed by atoms with Crippen molar-refractivity contribution in [1.29, 1.82) is 0 Å². The van der Waals surface area contributed by atoms with Gasteiger partial charge in [-0.05, 0) is 12.8 Å². The molecule has 0 spiro atoms. The summed E-state index contributed by atoms with van der Waals surface area (Å²) in [7, 11) is 0. The minimum absolute atomic E-state index is 0.0125. The number of aliphatic carboxylic acids is 1. The van der Waals surface area contributed by atoms with Crippen LogP contribution in [0.1, 0.15) is 32.1 Å². The number of nitrogens with zero attached hydrogens (tertiary/aromatic N) is 1. The zero-order valence-corrected chi connectivity index (χ0v) is 11.1. The van der Waals surface area contributed by atoms with Gasteiger partial charge in [0.1, 0.15) is 0 Å². The Kier molecular flexibility index (Phi) is 5.15. The van der Waals surface area contributed by atoms with E-state index in [9.17, 15) is 9.59 Å². The summed E-state index contributed by atoms with van der Waals surface area (Å²) >= 11 is 0. The fourth-order valence-corrected chi connectivity index (χ4v) is 2.82. The molecular weight excluding hydrogens is 248 g/mol. The number of carbonyl (C=O) groups is 2. The number of hydrogen-bond donors (Lipinski definition) is 2. The number of carbonyl (C=O) groups excluding carboxylic acids is 1. The fourth-order valence-electron chi connectivity index (χ4n) is 2.82. The van der Waals surface area contributed by atoms with Gasteiger partial charge in [-0.15, -0.1) is 0 Å². The van der Waals surface area contributed by atoms with Crippen LogP contribution in [0.15, 0.2) is 0 Å². The van der Waals surface area contributed by atoms with Crippen LogP contribution in [0.4, 0.5) is 0 Å². The molecule has 0 aromatic heterocycles. The summed E-state index contributed by atoms with van der Waals surface area (Å²) in [5.41, 5.74) is 0. The number of hydrogen-bond acceptors (Lipinski definition) is 4. The summed E-state index contributed by atoms with van der Waals surface area (Å²) in [4.78, 5) is 24.6. The summed E-state index contributed by atoms with van der Waals surface area (Å²) in [6.45, 7) is 1.61. The Morgan fingerprint density at radius 3 is 2.74 bits per heavy atom. The van der Waals surface area contributed by atoms with E-state index in [-0.39, 0.29) is 18.4 Å². The summed E-state index contributed by atoms with van der Waals surface area (Å²) in [5, 5.41) is 12.1. The van der Waals surface area contributed by atoms with Gasteiger partial charge in [-0.2, -0.15) is 0 Å². The van der Waals surface area contributed by atoms with E-state index in [1.54, 1.807) is 4.90 Å². The van der Waals surface area contributed by atoms with Crippen LogP contribution in [0.2, 0.25) is 0 Å². The van der Waals surface area contributed by atoms with Crippen LogP contribution in [-0.4, -0.2) is 60.3 Å². The number of carboxylic acids is 1. The Balaban J connectivity index is 1.82. The highest BCUT2D eigenvalue weighted by molar-refractivity contribution is 5.79. The lowest BCUT2D eigenvalue weighted by molar-refractivity contribution is -0.145. The predicted octanol–water partition coefficient (Wildman–Crippen LogP) is 0.221. The van der Waals surface area contributed by atoms with Gasteiger partial charge in [-0.3, -0.25) is 9.59 Å². The molecule has 1 atom stereocenters. The van der Waals surface area contributed by atoms with Gasteiger partial charge >= 0.3 is 5.97 Å². The van der Waals surface area contributed by atoms with Gasteiger partial charge in [-0.1, -0.05) is 12.8 Å². The van der Waals surface area contributed by atoms with Crippen LogP contribution < -0.4 is 5.32 Å². The Hall–Kier alpha value is -1.14. The molecule has 19 heavy (non-hydrogen) atoms. The van der Waals surface area contributed by atoms with Crippen molar-refractivity contribution >= 4 is 11.9 Å². The second-order valence-electron chi connectivity index (χ2n) is 5.28. The number of ether oxygens (including phenoxy) is 1. The molecule has 2 aliphatic rings. The second-order valence-corrected chi connectivity index (χ2v) is 5.28. The molecule has 108 valence electrons. The molecule has 2 fully saturated rings. The molecule has 1 aliphatic heterocycles. The number of morpholine rings is 1. The van der Waals surface area contributed by atoms with Crippen LogP contribution >= 0.6 is 0 Å². The van der Waals surface area contributed by atoms with Gasteiger partial charge in [-0.25, -0.2) is 0 Å². The largest absolute Gasteiger partial charge is 0.481 e. The first-order valence-electron chi connectivity index (χ1n) is 6.99. The molecule has 1 amide bonds. The smallest absolute Gasteiger partial charge is 0.305 e. The summed E-state index contributed by atoms with van der Waals surface area (Å²) in [6.07, 6.45) is 4.68. The molecule has 1 saturated carbocycles. The lowest BCUT2D eigenvalue weighted by atomic mass is 10.1. The molecule has 1 unspecified atom stereocenters. The van der Waals surface area contributed by atoms with Crippen LogP contribution in [-0.2, 0) is 14.3 Å². The summed E-state index contributed by atoms with van der Waals surface area (Å²) in [6, 6.07) is 0.118. The monoisotopic (exact) mass is 270 g/mol. The van der Waals surface area contributed by atoms with Gasteiger partial charge in [0.25, 0.3) is 0 Å². The quantitative estimate of drug-likeness (QED) is 0.747. The second kappa shape index (κ2) is 6.86. The maximum Gasteiger partial charge on any atom is 0.305 e. The Morgan fingerprint density at radius 2 is 2.05 bits per heavy atom. The molecule has 0 bridgehead atoms. The molecular formula is C13H22N2O4. The molecule has 2 rings (SSSR count). The zero-order valence-electron chi connectivity index (χ0n) is 11.1. The van der Waals surface area contributed by atoms with E-state index in [2.05, 4.69) is 5.32 Å². The maximum absolute atomic E-state index is 12.2. The number of amides is 1. The lowest BCUT2D eigenvalue weighted by Crippen LogP contribution is -2.52. The normalized spacial score (nSPS) is 24.6. The Bertz CT molecular complexity index is 329. The minimum atomic E-state index is -0.892. The summed E-state index contributed by atoms with van der Waals surface area (Å²) < 4.78 is 5.26. The fraction of sp³-hybridized carbons (Fsp3) is 0.846. The predicted molar refractivity (Wildman–Crippen MR) is 68.8 cm³/mol. The average molecular weight is 270 g/mol. The van der Waals surface area contributed by atoms with Gasteiger partial charge < -0.3 is 20.1 Å². The SMILES string of the molecule is O=C(O)CC1COCCN1C(=O)CNC1CCCC1. The molecule has 0 radical (unpaired) electrons. The van der Waals surface area contributed by atoms with Gasteiger partial charge in [0.05, 0.1) is 32.2 Å². The first-order chi connectivity index (χ1) is 9.16. The van der Waals surface area contributed by atoms with Crippen molar-refractivity contribution in [2.45, 2.75) is 44.2 Å². The van der Waals surface area contributed by atoms with Crippen molar-refractivity contribution in [2.24, 2.45) is 0 Å². The highest BCUT2D eigenvalue weighted by atomic mass is 16.5. The minimum Gasteiger partial charge on any atom is -0.481 e. The molecule has 6 nitrogen and oxygen atoms in total. The van der Waals surface area contributed by atoms with Crippen molar-refractivity contribution < 1.29 is 19.4 Å². The maximum atomic E-state index is 12.2. The van der Waals surface area contributed by atoms with Crippen molar-refractivity contribution in [3.63, 3.8) is 0 Å². The topological polar surface area (TPSA) is 78.9 Å². The van der Waals surface area contributed by atoms with E-state index in [0.29, 0.717) is 32.3 Å².